The van der Waals surface area contributed by atoms with Crippen LogP contribution in [0.2, 0.25) is 0 Å². The Kier molecular flexibility index (Phi) is 27.1. The first-order valence-electron chi connectivity index (χ1n) is 22.9. The first-order valence-corrected chi connectivity index (χ1v) is 26.1. The highest BCUT2D eigenvalue weighted by Gasteiger charge is 2.35. The largest absolute Gasteiger partial charge is 0.481 e. The molecule has 1 aromatic rings. The van der Waals surface area contributed by atoms with E-state index in [1.54, 1.807) is 30.3 Å². The van der Waals surface area contributed by atoms with Gasteiger partial charge in [-0.15, -0.1) is 11.8 Å². The van der Waals surface area contributed by atoms with Gasteiger partial charge in [-0.05, 0) is 25.3 Å². The number of carboxylic acids is 2. The second-order valence-electron chi connectivity index (χ2n) is 18.9. The molecule has 392 valence electrons. The van der Waals surface area contributed by atoms with Crippen LogP contribution in [0, 0.1) is 0 Å². The van der Waals surface area contributed by atoms with Crippen LogP contribution in [0.25, 0.3) is 0 Å². The van der Waals surface area contributed by atoms with Gasteiger partial charge in [0.1, 0.15) is 36.7 Å². The summed E-state index contributed by atoms with van der Waals surface area (Å²) < 4.78 is -0.763. The zero-order valence-electron chi connectivity index (χ0n) is 40.8. The molecule has 1 aliphatic heterocycles. The number of carboxylic acid groups (broad SMARTS) is 2. The second kappa shape index (κ2) is 30.4. The lowest BCUT2D eigenvalue weighted by Gasteiger charge is -2.33. The zero-order chi connectivity index (χ0) is 52.1. The Balaban J connectivity index is 2.66. The van der Waals surface area contributed by atoms with E-state index in [9.17, 15) is 64.2 Å². The molecule has 1 aliphatic rings. The minimum absolute atomic E-state index is 0.0342. The third-order valence-electron chi connectivity index (χ3n) is 10.4. The summed E-state index contributed by atoms with van der Waals surface area (Å²) in [7, 11) is 0. The fraction of sp³-hybridized carbons (Fsp3) is 0.711. The van der Waals surface area contributed by atoms with E-state index in [1.807, 2.05) is 48.5 Å². The Morgan fingerprint density at radius 3 is 1.81 bits per heavy atom. The van der Waals surface area contributed by atoms with Gasteiger partial charge in [0, 0.05) is 32.8 Å². The number of thioether (sulfide) groups is 3. The molecule has 1 aromatic carbocycles. The van der Waals surface area contributed by atoms with E-state index in [1.165, 1.54) is 30.4 Å². The molecule has 0 unspecified atom stereocenters. The van der Waals surface area contributed by atoms with Gasteiger partial charge in [0.15, 0.2) is 0 Å². The summed E-state index contributed by atoms with van der Waals surface area (Å²) in [6, 6.07) is 0.259. The molecule has 0 spiro atoms. The lowest BCUT2D eigenvalue weighted by molar-refractivity contribution is -0.141. The topological polar surface area (TPSA) is 337 Å². The third kappa shape index (κ3) is 25.4. The monoisotopic (exact) mass is 1030 g/mol. The van der Waals surface area contributed by atoms with Gasteiger partial charge in [0.05, 0.1) is 55.3 Å². The molecule has 1 saturated heterocycles. The maximum absolute atomic E-state index is 14.3. The van der Waals surface area contributed by atoms with Crippen LogP contribution >= 0.6 is 35.3 Å². The summed E-state index contributed by atoms with van der Waals surface area (Å²) in [4.78, 5) is 91.7. The molecule has 69 heavy (non-hydrogen) atoms. The molecule has 21 nitrogen and oxygen atoms in total. The van der Waals surface area contributed by atoms with Crippen LogP contribution < -0.4 is 42.5 Å². The fourth-order valence-electron chi connectivity index (χ4n) is 6.70. The van der Waals surface area contributed by atoms with Crippen molar-refractivity contribution < 1.29 is 64.2 Å². The number of ketones is 1. The number of rotatable bonds is 14. The first kappa shape index (κ1) is 61.6. The number of carbonyl (C=O) groups is 7. The Labute approximate surface area is 417 Å². The van der Waals surface area contributed by atoms with Gasteiger partial charge in [-0.25, -0.2) is 0 Å². The Morgan fingerprint density at radius 1 is 0.667 bits per heavy atom. The fourth-order valence-corrected chi connectivity index (χ4v) is 9.51. The summed E-state index contributed by atoms with van der Waals surface area (Å²) in [6.07, 6.45) is -6.54. The smallest absolute Gasteiger partial charge is 0.305 e. The summed E-state index contributed by atoms with van der Waals surface area (Å²) >= 11 is 3.67. The van der Waals surface area contributed by atoms with Crippen molar-refractivity contribution >= 4 is 76.6 Å². The van der Waals surface area contributed by atoms with E-state index in [4.69, 9.17) is 0 Å². The number of amides is 4. The molecular formula is C45H76N8O13S3. The maximum Gasteiger partial charge on any atom is 0.305 e. The van der Waals surface area contributed by atoms with Crippen molar-refractivity contribution in [2.45, 2.75) is 171 Å². The SMILES string of the molecule is CCCC[C@@H]1N[C@@H](O)[C@H](CSC(C)(C)C)NC(=O)[C@H](CC(=O)O)NC(=O)CSC[C@@H](C(C)=O)N[C@H](O)[C@H](Cc2ccccc2)NC(=O)[C@H](CSC(C)(C)C)N[C@H](O)[C@H](CC(=O)O)NC(=O)CN[C@@H]1O. The number of unbranched alkanes of at least 4 members (excludes halogenated alkanes) is 1. The van der Waals surface area contributed by atoms with Gasteiger partial charge in [0.2, 0.25) is 23.6 Å². The van der Waals surface area contributed by atoms with E-state index in [0.29, 0.717) is 18.4 Å². The van der Waals surface area contributed by atoms with Crippen LogP contribution in [-0.4, -0.2) is 178 Å². The van der Waals surface area contributed by atoms with E-state index in [2.05, 4.69) is 42.5 Å². The Bertz CT molecular complexity index is 1810. The van der Waals surface area contributed by atoms with Crippen molar-refractivity contribution in [3.63, 3.8) is 0 Å². The van der Waals surface area contributed by atoms with Crippen LogP contribution in [0.4, 0.5) is 0 Å². The number of hydrogen-bond donors (Lipinski definition) is 14. The Morgan fingerprint density at radius 2 is 1.23 bits per heavy atom. The number of aliphatic hydroxyl groups excluding tert-OH is 4. The van der Waals surface area contributed by atoms with Gasteiger partial charge in [-0.1, -0.05) is 91.6 Å². The van der Waals surface area contributed by atoms with E-state index in [-0.39, 0.29) is 40.6 Å². The maximum atomic E-state index is 14.3. The molecule has 0 aromatic heterocycles. The molecule has 4 amide bonds. The van der Waals surface area contributed by atoms with Gasteiger partial charge in [-0.2, -0.15) is 23.5 Å². The van der Waals surface area contributed by atoms with E-state index < -0.39 is 133 Å². The van der Waals surface area contributed by atoms with E-state index in [0.717, 1.165) is 11.8 Å². The molecule has 0 bridgehead atoms. The van der Waals surface area contributed by atoms with Crippen molar-refractivity contribution in [2.75, 3.05) is 29.6 Å². The normalized spacial score (nSPS) is 28.6. The lowest BCUT2D eigenvalue weighted by atomic mass is 10.0. The predicted octanol–water partition coefficient (Wildman–Crippen LogP) is -0.555. The number of aliphatic hydroxyl groups is 4. The number of hydrogen-bond acceptors (Lipinski definition) is 18. The quantitative estimate of drug-likeness (QED) is 0.111. The molecule has 24 heteroatoms. The van der Waals surface area contributed by atoms with E-state index >= 15 is 0 Å². The van der Waals surface area contributed by atoms with Crippen LogP contribution in [-0.2, 0) is 40.0 Å². The standard InChI is InChI=1S/C45H76N8O13S3/c1-9-10-16-27-38(61)46-20-34(55)47-29(18-36(57)58)40(63)53-33(23-69-45(6,7)8)43(66)50-28(17-26-14-12-11-13-15-26)39(62)51-31(25(2)54)21-67-24-35(56)48-30(19-37(59)60)41(64)52-32(42(65)49-27)22-68-44(3,4)5/h11-15,27-33,38-40,42,46,49,51,53,61-63,65H,9-10,16-24H2,1-8H3,(H,47,55)(H,48,56)(H,50,66)(H,52,64)(H,57,58)(H,59,60)/t27-,28-,29-,30-,31-,32-,33-,38+,39+,40+,42-/m0/s1. The highest BCUT2D eigenvalue weighted by atomic mass is 32.2. The summed E-state index contributed by atoms with van der Waals surface area (Å²) in [5.41, 5.74) is 0.696. The summed E-state index contributed by atoms with van der Waals surface area (Å²) in [6.45, 7) is 14.0. The average Bonchev–Trinajstić information content (AvgIpc) is 3.24. The van der Waals surface area contributed by atoms with Crippen molar-refractivity contribution in [3.05, 3.63) is 35.9 Å². The summed E-state index contributed by atoms with van der Waals surface area (Å²) in [5, 5.41) is 87.2. The van der Waals surface area contributed by atoms with Gasteiger partial charge in [-0.3, -0.25) is 54.8 Å². The average molecular weight is 1030 g/mol. The van der Waals surface area contributed by atoms with Crippen LogP contribution in [0.3, 0.4) is 0 Å². The summed E-state index contributed by atoms with van der Waals surface area (Å²) in [5.74, 6) is -6.73. The number of Topliss-reactive ketones (excluding diaryl/α,β-unsaturated/α-hetero) is 1. The molecule has 2 rings (SSSR count). The first-order chi connectivity index (χ1) is 32.2. The van der Waals surface area contributed by atoms with Crippen LogP contribution in [0.5, 0.6) is 0 Å². The predicted molar refractivity (Wildman–Crippen MR) is 267 cm³/mol. The molecule has 0 aliphatic carbocycles. The molecule has 14 N–H and O–H groups in total. The third-order valence-corrected chi connectivity index (χ3v) is 14.2. The number of benzene rings is 1. The number of carbonyl (C=O) groups excluding carboxylic acids is 5. The second-order valence-corrected chi connectivity index (χ2v) is 23.6. The van der Waals surface area contributed by atoms with Gasteiger partial charge in [0.25, 0.3) is 0 Å². The van der Waals surface area contributed by atoms with Crippen LogP contribution in [0.1, 0.15) is 93.1 Å². The number of nitrogens with one attached hydrogen (secondary N) is 8. The number of aliphatic carboxylic acids is 2. The Hall–Kier alpha value is -3.56. The molecular weight excluding hydrogens is 957 g/mol. The lowest BCUT2D eigenvalue weighted by Crippen LogP contribution is -2.62. The van der Waals surface area contributed by atoms with Crippen molar-refractivity contribution in [2.24, 2.45) is 0 Å². The highest BCUT2D eigenvalue weighted by Crippen LogP contribution is 2.26. The zero-order valence-corrected chi connectivity index (χ0v) is 43.2. The molecule has 11 atom stereocenters. The molecule has 0 radical (unpaired) electrons. The van der Waals surface area contributed by atoms with Crippen molar-refractivity contribution in [3.8, 4) is 0 Å². The highest BCUT2D eigenvalue weighted by molar-refractivity contribution is 8.01. The minimum atomic E-state index is -1.82. The van der Waals surface area contributed by atoms with Gasteiger partial charge >= 0.3 is 11.9 Å². The van der Waals surface area contributed by atoms with Crippen LogP contribution in [0.15, 0.2) is 30.3 Å². The minimum Gasteiger partial charge on any atom is -0.481 e. The van der Waals surface area contributed by atoms with Crippen molar-refractivity contribution in [1.29, 1.82) is 0 Å². The molecule has 0 saturated carbocycles. The molecule has 1 fully saturated rings. The molecule has 1 heterocycles. The van der Waals surface area contributed by atoms with Gasteiger partial charge < -0.3 is 51.9 Å². The van der Waals surface area contributed by atoms with Crippen molar-refractivity contribution in [1.82, 2.24) is 42.5 Å².